The predicted octanol–water partition coefficient (Wildman–Crippen LogP) is 7.59. The Balaban J connectivity index is 1.23. The van der Waals surface area contributed by atoms with Crippen LogP contribution in [-0.2, 0) is 9.59 Å². The summed E-state index contributed by atoms with van der Waals surface area (Å²) in [5.41, 5.74) is 1.06. The Morgan fingerprint density at radius 3 is 2.15 bits per heavy atom. The zero-order valence-corrected chi connectivity index (χ0v) is 22.4. The van der Waals surface area contributed by atoms with E-state index in [1.54, 1.807) is 78.9 Å². The maximum absolute atomic E-state index is 13.1. The molecular weight excluding hydrogens is 561 g/mol. The summed E-state index contributed by atoms with van der Waals surface area (Å²) in [7, 11) is 0. The van der Waals surface area contributed by atoms with Crippen LogP contribution in [0.25, 0.3) is 0 Å². The first-order chi connectivity index (χ1) is 18.8. The van der Waals surface area contributed by atoms with Crippen LogP contribution >= 0.6 is 35.0 Å². The summed E-state index contributed by atoms with van der Waals surface area (Å²) in [4.78, 5) is 39.1. The zero-order chi connectivity index (χ0) is 27.5. The number of hydrogen-bond donors (Lipinski definition) is 1. The SMILES string of the molecule is O=C1CC(Nc2ccc(Oc3ccc(Cl)cc3)c(Cl)c2)C(=O)N1c1ccc(Sc2ccc([N+](=O)[O-])cc2)cc1. The van der Waals surface area contributed by atoms with Gasteiger partial charge in [-0.1, -0.05) is 35.0 Å². The minimum Gasteiger partial charge on any atom is -0.456 e. The second-order valence-corrected chi connectivity index (χ2v) is 10.5. The van der Waals surface area contributed by atoms with Gasteiger partial charge < -0.3 is 10.1 Å². The number of carbonyl (C=O) groups excluding carboxylic acids is 2. The van der Waals surface area contributed by atoms with Gasteiger partial charge in [0.2, 0.25) is 5.91 Å². The lowest BCUT2D eigenvalue weighted by molar-refractivity contribution is -0.384. The van der Waals surface area contributed by atoms with E-state index < -0.39 is 11.0 Å². The molecule has 5 rings (SSSR count). The summed E-state index contributed by atoms with van der Waals surface area (Å²) in [5.74, 6) is 0.327. The molecule has 8 nitrogen and oxygen atoms in total. The van der Waals surface area contributed by atoms with Gasteiger partial charge >= 0.3 is 0 Å². The molecule has 0 radical (unpaired) electrons. The highest BCUT2D eigenvalue weighted by atomic mass is 35.5. The molecule has 4 aromatic carbocycles. The fourth-order valence-electron chi connectivity index (χ4n) is 3.96. The van der Waals surface area contributed by atoms with E-state index in [2.05, 4.69) is 5.32 Å². The number of ether oxygens (including phenoxy) is 1. The van der Waals surface area contributed by atoms with Crippen LogP contribution in [0.2, 0.25) is 10.0 Å². The minimum absolute atomic E-state index is 0.00122. The second-order valence-electron chi connectivity index (χ2n) is 8.52. The number of halogens is 2. The van der Waals surface area contributed by atoms with E-state index in [0.717, 1.165) is 14.7 Å². The van der Waals surface area contributed by atoms with Gasteiger partial charge in [-0.2, -0.15) is 0 Å². The summed E-state index contributed by atoms with van der Waals surface area (Å²) in [5, 5.41) is 14.9. The van der Waals surface area contributed by atoms with E-state index in [-0.39, 0.29) is 23.9 Å². The molecule has 0 saturated carbocycles. The van der Waals surface area contributed by atoms with Crippen LogP contribution in [0.1, 0.15) is 6.42 Å². The number of nitro benzene ring substituents is 1. The van der Waals surface area contributed by atoms with E-state index in [0.29, 0.717) is 32.9 Å². The van der Waals surface area contributed by atoms with E-state index >= 15 is 0 Å². The molecule has 1 heterocycles. The first-order valence-corrected chi connectivity index (χ1v) is 13.2. The molecule has 1 aliphatic rings. The molecule has 0 aliphatic carbocycles. The van der Waals surface area contributed by atoms with E-state index in [1.165, 1.54) is 23.9 Å². The Labute approximate surface area is 237 Å². The predicted molar refractivity (Wildman–Crippen MR) is 151 cm³/mol. The summed E-state index contributed by atoms with van der Waals surface area (Å²) >= 11 is 13.7. The first-order valence-electron chi connectivity index (χ1n) is 11.7. The third-order valence-corrected chi connectivity index (χ3v) is 7.40. The van der Waals surface area contributed by atoms with E-state index in [9.17, 15) is 19.7 Å². The van der Waals surface area contributed by atoms with Gasteiger partial charge in [-0.3, -0.25) is 19.7 Å². The van der Waals surface area contributed by atoms with Gasteiger partial charge in [0.1, 0.15) is 17.5 Å². The Bertz CT molecular complexity index is 1550. The largest absolute Gasteiger partial charge is 0.456 e. The number of nitro groups is 1. The molecule has 1 saturated heterocycles. The summed E-state index contributed by atoms with van der Waals surface area (Å²) in [6.07, 6.45) is -0.00122. The quantitative estimate of drug-likeness (QED) is 0.130. The minimum atomic E-state index is -0.745. The molecule has 4 aromatic rings. The highest BCUT2D eigenvalue weighted by Gasteiger charge is 2.39. The molecule has 0 bridgehead atoms. The maximum atomic E-state index is 13.1. The fourth-order valence-corrected chi connectivity index (χ4v) is 5.12. The van der Waals surface area contributed by atoms with Crippen molar-refractivity contribution in [2.45, 2.75) is 22.3 Å². The molecule has 1 atom stereocenters. The lowest BCUT2D eigenvalue weighted by atomic mass is 10.2. The van der Waals surface area contributed by atoms with Gasteiger partial charge in [0, 0.05) is 32.6 Å². The zero-order valence-electron chi connectivity index (χ0n) is 20.0. The number of non-ortho nitro benzene ring substituents is 1. The van der Waals surface area contributed by atoms with Crippen molar-refractivity contribution in [2.24, 2.45) is 0 Å². The number of amides is 2. The Kier molecular flexibility index (Phi) is 7.74. The van der Waals surface area contributed by atoms with Gasteiger partial charge in [0.15, 0.2) is 0 Å². The molecule has 39 heavy (non-hydrogen) atoms. The number of nitrogens with one attached hydrogen (secondary N) is 1. The van der Waals surface area contributed by atoms with Crippen molar-refractivity contribution < 1.29 is 19.2 Å². The van der Waals surface area contributed by atoms with Crippen molar-refractivity contribution in [2.75, 3.05) is 10.2 Å². The van der Waals surface area contributed by atoms with Crippen molar-refractivity contribution in [3.05, 3.63) is 111 Å². The molecule has 1 fully saturated rings. The van der Waals surface area contributed by atoms with Crippen LogP contribution in [0.4, 0.5) is 17.1 Å². The summed E-state index contributed by atoms with van der Waals surface area (Å²) in [6.45, 7) is 0. The smallest absolute Gasteiger partial charge is 0.269 e. The molecule has 196 valence electrons. The molecule has 11 heteroatoms. The van der Waals surface area contributed by atoms with Gasteiger partial charge in [0.05, 0.1) is 22.1 Å². The Morgan fingerprint density at radius 2 is 1.54 bits per heavy atom. The third kappa shape index (κ3) is 6.17. The molecule has 0 spiro atoms. The highest BCUT2D eigenvalue weighted by molar-refractivity contribution is 7.99. The Hall–Kier alpha value is -4.05. The molecule has 1 aliphatic heterocycles. The van der Waals surface area contributed by atoms with Gasteiger partial charge in [-0.15, -0.1) is 0 Å². The number of carbonyl (C=O) groups is 2. The average Bonchev–Trinajstić information content (AvgIpc) is 3.20. The van der Waals surface area contributed by atoms with E-state index in [1.807, 2.05) is 0 Å². The standard InChI is InChI=1S/C28H19Cl2N3O5S/c29-17-1-8-21(9-2-17)38-26-14-3-18(15-24(26)30)31-25-16-27(34)32(28(25)35)19-4-10-22(11-5-19)39-23-12-6-20(7-13-23)33(36)37/h1-15,25,31H,16H2. The monoisotopic (exact) mass is 579 g/mol. The Morgan fingerprint density at radius 1 is 0.897 bits per heavy atom. The normalized spacial score (nSPS) is 14.9. The van der Waals surface area contributed by atoms with Gasteiger partial charge in [0.25, 0.3) is 11.6 Å². The van der Waals surface area contributed by atoms with Gasteiger partial charge in [-0.25, -0.2) is 4.90 Å². The summed E-state index contributed by atoms with van der Waals surface area (Å²) < 4.78 is 5.79. The van der Waals surface area contributed by atoms with Crippen molar-refractivity contribution in [1.29, 1.82) is 0 Å². The average molecular weight is 580 g/mol. The number of rotatable bonds is 8. The lowest BCUT2D eigenvalue weighted by Crippen LogP contribution is -2.34. The molecule has 0 aromatic heterocycles. The van der Waals surface area contributed by atoms with Crippen molar-refractivity contribution in [3.8, 4) is 11.5 Å². The van der Waals surface area contributed by atoms with Crippen molar-refractivity contribution in [3.63, 3.8) is 0 Å². The third-order valence-electron chi connectivity index (χ3n) is 5.84. The second kappa shape index (κ2) is 11.4. The van der Waals surface area contributed by atoms with Crippen LogP contribution in [0.15, 0.2) is 101 Å². The van der Waals surface area contributed by atoms with Crippen LogP contribution in [-0.4, -0.2) is 22.8 Å². The molecule has 1 N–H and O–H groups in total. The molecule has 2 amide bonds. The number of nitrogens with zero attached hydrogens (tertiary/aromatic N) is 2. The van der Waals surface area contributed by atoms with Gasteiger partial charge in [-0.05, 0) is 78.9 Å². The van der Waals surface area contributed by atoms with Crippen LogP contribution in [0.5, 0.6) is 11.5 Å². The van der Waals surface area contributed by atoms with Crippen LogP contribution in [0.3, 0.4) is 0 Å². The fraction of sp³-hybridized carbons (Fsp3) is 0.0714. The maximum Gasteiger partial charge on any atom is 0.269 e. The number of benzene rings is 4. The number of imide groups is 1. The number of hydrogen-bond acceptors (Lipinski definition) is 7. The van der Waals surface area contributed by atoms with Crippen molar-refractivity contribution >= 4 is 63.8 Å². The highest BCUT2D eigenvalue weighted by Crippen LogP contribution is 2.34. The lowest BCUT2D eigenvalue weighted by Gasteiger charge is -2.17. The van der Waals surface area contributed by atoms with Crippen molar-refractivity contribution in [1.82, 2.24) is 0 Å². The molecule has 1 unspecified atom stereocenters. The summed E-state index contributed by atoms with van der Waals surface area (Å²) in [6, 6.07) is 24.4. The van der Waals surface area contributed by atoms with E-state index in [4.69, 9.17) is 27.9 Å². The van der Waals surface area contributed by atoms with Crippen LogP contribution < -0.4 is 15.0 Å². The first kappa shape index (κ1) is 26.6. The van der Waals surface area contributed by atoms with Crippen LogP contribution in [0, 0.1) is 10.1 Å². The molecular formula is C28H19Cl2N3O5S. The topological polar surface area (TPSA) is 102 Å². The number of anilines is 2.